The topological polar surface area (TPSA) is 44.8 Å². The first-order valence-corrected chi connectivity index (χ1v) is 6.60. The highest BCUT2D eigenvalue weighted by Crippen LogP contribution is 2.49. The number of hydrogen-bond donors (Lipinski definition) is 0. The molecule has 4 nitrogen and oxygen atoms in total. The Balaban J connectivity index is 1.92. The van der Waals surface area contributed by atoms with Gasteiger partial charge in [-0.3, -0.25) is 0 Å². The highest BCUT2D eigenvalue weighted by atomic mass is 16.8. The van der Waals surface area contributed by atoms with E-state index in [0.29, 0.717) is 6.61 Å². The number of esters is 1. The first kappa shape index (κ1) is 11.5. The highest BCUT2D eigenvalue weighted by Gasteiger charge is 2.66. The minimum Gasteiger partial charge on any atom is -0.461 e. The third-order valence-electron chi connectivity index (χ3n) is 4.22. The summed E-state index contributed by atoms with van der Waals surface area (Å²) in [5.41, 5.74) is -0.816. The molecule has 2 heterocycles. The standard InChI is InChI=1S/C13H20O4/c1-12(2)16-10-8-15-11(14)13(10,17-12)9-6-4-3-5-7-9/h9-10H,3-8H2,1-2H3/t10-,13-/m1/s1. The molecule has 3 rings (SSSR count). The van der Waals surface area contributed by atoms with Crippen LogP contribution in [0.5, 0.6) is 0 Å². The highest BCUT2D eigenvalue weighted by molar-refractivity contribution is 5.83. The third-order valence-corrected chi connectivity index (χ3v) is 4.22. The van der Waals surface area contributed by atoms with Gasteiger partial charge in [-0.2, -0.15) is 0 Å². The maximum Gasteiger partial charge on any atom is 0.341 e. The summed E-state index contributed by atoms with van der Waals surface area (Å²) in [5, 5.41) is 0. The lowest BCUT2D eigenvalue weighted by Gasteiger charge is -2.35. The molecule has 0 spiro atoms. The average molecular weight is 240 g/mol. The molecule has 3 fully saturated rings. The molecule has 17 heavy (non-hydrogen) atoms. The Kier molecular flexibility index (Phi) is 2.49. The quantitative estimate of drug-likeness (QED) is 0.658. The van der Waals surface area contributed by atoms with Gasteiger partial charge in [0.25, 0.3) is 0 Å². The molecule has 0 aromatic heterocycles. The Bertz CT molecular complexity index is 332. The number of ether oxygens (including phenoxy) is 3. The molecule has 0 aromatic carbocycles. The van der Waals surface area contributed by atoms with Crippen LogP contribution in [0.25, 0.3) is 0 Å². The predicted octanol–water partition coefficient (Wildman–Crippen LogP) is 2.01. The summed E-state index contributed by atoms with van der Waals surface area (Å²) in [6.07, 6.45) is 5.49. The van der Waals surface area contributed by atoms with Crippen LogP contribution in [0.1, 0.15) is 46.0 Å². The van der Waals surface area contributed by atoms with Crippen molar-refractivity contribution in [2.75, 3.05) is 6.61 Å². The molecule has 0 N–H and O–H groups in total. The van der Waals surface area contributed by atoms with Gasteiger partial charge < -0.3 is 14.2 Å². The van der Waals surface area contributed by atoms with Crippen molar-refractivity contribution in [2.45, 2.75) is 63.4 Å². The van der Waals surface area contributed by atoms with Crippen LogP contribution in [0.15, 0.2) is 0 Å². The average Bonchev–Trinajstić information content (AvgIpc) is 2.74. The molecule has 96 valence electrons. The van der Waals surface area contributed by atoms with Gasteiger partial charge in [0.05, 0.1) is 0 Å². The molecule has 2 atom stereocenters. The summed E-state index contributed by atoms with van der Waals surface area (Å²) in [5.74, 6) is -0.611. The molecule has 4 heteroatoms. The number of carbonyl (C=O) groups excluding carboxylic acids is 1. The molecule has 3 aliphatic rings. The van der Waals surface area contributed by atoms with Crippen molar-refractivity contribution in [3.63, 3.8) is 0 Å². The van der Waals surface area contributed by atoms with Crippen LogP contribution in [0.4, 0.5) is 0 Å². The van der Waals surface area contributed by atoms with E-state index in [1.807, 2.05) is 13.8 Å². The van der Waals surface area contributed by atoms with Crippen LogP contribution >= 0.6 is 0 Å². The second-order valence-corrected chi connectivity index (χ2v) is 5.83. The van der Waals surface area contributed by atoms with E-state index in [4.69, 9.17) is 14.2 Å². The second kappa shape index (κ2) is 3.69. The number of fused-ring (bicyclic) bond motifs is 1. The summed E-state index contributed by atoms with van der Waals surface area (Å²) < 4.78 is 17.0. The zero-order valence-corrected chi connectivity index (χ0v) is 10.5. The molecule has 1 aliphatic carbocycles. The Morgan fingerprint density at radius 2 is 1.88 bits per heavy atom. The Morgan fingerprint density at radius 3 is 2.59 bits per heavy atom. The lowest BCUT2D eigenvalue weighted by atomic mass is 9.75. The SMILES string of the molecule is CC1(C)O[C@@H]2COC(=O)[C@]2(C2CCCCC2)O1. The van der Waals surface area contributed by atoms with Crippen molar-refractivity contribution in [1.82, 2.24) is 0 Å². The number of hydrogen-bond acceptors (Lipinski definition) is 4. The zero-order valence-electron chi connectivity index (χ0n) is 10.5. The van der Waals surface area contributed by atoms with Gasteiger partial charge in [-0.25, -0.2) is 4.79 Å². The fourth-order valence-electron chi connectivity index (χ4n) is 3.57. The van der Waals surface area contributed by atoms with Crippen LogP contribution in [0, 0.1) is 5.92 Å². The summed E-state index contributed by atoms with van der Waals surface area (Å²) in [4.78, 5) is 12.1. The lowest BCUT2D eigenvalue weighted by molar-refractivity contribution is -0.201. The van der Waals surface area contributed by atoms with E-state index in [2.05, 4.69) is 0 Å². The molecule has 0 bridgehead atoms. The van der Waals surface area contributed by atoms with E-state index in [1.165, 1.54) is 19.3 Å². The van der Waals surface area contributed by atoms with Crippen molar-refractivity contribution in [3.8, 4) is 0 Å². The molecule has 0 unspecified atom stereocenters. The van der Waals surface area contributed by atoms with Crippen molar-refractivity contribution in [1.29, 1.82) is 0 Å². The summed E-state index contributed by atoms with van der Waals surface area (Å²) >= 11 is 0. The zero-order chi connectivity index (χ0) is 12.1. The van der Waals surface area contributed by atoms with Crippen molar-refractivity contribution in [3.05, 3.63) is 0 Å². The van der Waals surface area contributed by atoms with Gasteiger partial charge in [-0.1, -0.05) is 19.3 Å². The smallest absolute Gasteiger partial charge is 0.341 e. The number of carbonyl (C=O) groups is 1. The van der Waals surface area contributed by atoms with E-state index < -0.39 is 11.4 Å². The van der Waals surface area contributed by atoms with E-state index in [9.17, 15) is 4.79 Å². The third kappa shape index (κ3) is 1.61. The fraction of sp³-hybridized carbons (Fsp3) is 0.923. The maximum atomic E-state index is 12.1. The maximum absolute atomic E-state index is 12.1. The molecule has 1 saturated carbocycles. The Hall–Kier alpha value is -0.610. The molecule has 0 aromatic rings. The van der Waals surface area contributed by atoms with Crippen LogP contribution in [-0.2, 0) is 19.0 Å². The Labute approximate surface area is 102 Å². The summed E-state index contributed by atoms with van der Waals surface area (Å²) in [6, 6.07) is 0. The van der Waals surface area contributed by atoms with Crippen LogP contribution in [0.2, 0.25) is 0 Å². The fourth-order valence-corrected chi connectivity index (χ4v) is 3.57. The van der Waals surface area contributed by atoms with E-state index in [1.54, 1.807) is 0 Å². The minimum absolute atomic E-state index is 0.208. The van der Waals surface area contributed by atoms with E-state index in [0.717, 1.165) is 12.8 Å². The van der Waals surface area contributed by atoms with Gasteiger partial charge in [0, 0.05) is 5.92 Å². The largest absolute Gasteiger partial charge is 0.461 e. The first-order valence-electron chi connectivity index (χ1n) is 6.60. The molecule has 0 radical (unpaired) electrons. The first-order chi connectivity index (χ1) is 8.05. The summed E-state index contributed by atoms with van der Waals surface area (Å²) in [7, 11) is 0. The van der Waals surface area contributed by atoms with Gasteiger partial charge in [-0.15, -0.1) is 0 Å². The van der Waals surface area contributed by atoms with Crippen molar-refractivity contribution < 1.29 is 19.0 Å². The number of rotatable bonds is 1. The summed E-state index contributed by atoms with van der Waals surface area (Å²) in [6.45, 7) is 4.10. The van der Waals surface area contributed by atoms with Crippen LogP contribution in [-0.4, -0.2) is 30.1 Å². The Morgan fingerprint density at radius 1 is 1.18 bits per heavy atom. The number of cyclic esters (lactones) is 1. The lowest BCUT2D eigenvalue weighted by Crippen LogP contribution is -2.50. The van der Waals surface area contributed by atoms with Gasteiger partial charge >= 0.3 is 5.97 Å². The van der Waals surface area contributed by atoms with E-state index >= 15 is 0 Å². The molecule has 0 amide bonds. The molecular weight excluding hydrogens is 220 g/mol. The van der Waals surface area contributed by atoms with Gasteiger partial charge in [0.2, 0.25) is 5.60 Å². The normalized spacial score (nSPS) is 41.3. The van der Waals surface area contributed by atoms with Gasteiger partial charge in [0.1, 0.15) is 12.7 Å². The minimum atomic E-state index is -0.816. The van der Waals surface area contributed by atoms with Gasteiger partial charge in [-0.05, 0) is 26.7 Å². The van der Waals surface area contributed by atoms with Crippen LogP contribution < -0.4 is 0 Å². The second-order valence-electron chi connectivity index (χ2n) is 5.83. The molecular formula is C13H20O4. The van der Waals surface area contributed by atoms with Crippen molar-refractivity contribution >= 4 is 5.97 Å². The van der Waals surface area contributed by atoms with Crippen LogP contribution in [0.3, 0.4) is 0 Å². The molecule has 2 saturated heterocycles. The van der Waals surface area contributed by atoms with E-state index in [-0.39, 0.29) is 18.0 Å². The monoisotopic (exact) mass is 240 g/mol. The van der Waals surface area contributed by atoms with Gasteiger partial charge in [0.15, 0.2) is 5.79 Å². The van der Waals surface area contributed by atoms with Crippen molar-refractivity contribution in [2.24, 2.45) is 5.92 Å². The molecule has 2 aliphatic heterocycles. The predicted molar refractivity (Wildman–Crippen MR) is 60.3 cm³/mol.